The van der Waals surface area contributed by atoms with Crippen LogP contribution in [0.25, 0.3) is 0 Å². The first-order valence-corrected chi connectivity index (χ1v) is 18.5. The Kier molecular flexibility index (Phi) is 17.7. The second kappa shape index (κ2) is 20.6. The highest BCUT2D eigenvalue weighted by molar-refractivity contribution is 6.09. The molecule has 8 heteroatoms. The number of nitrogens with one attached hydrogen (secondary N) is 1. The molecule has 2 atom stereocenters. The summed E-state index contributed by atoms with van der Waals surface area (Å²) < 4.78 is 0. The number of Topliss-reactive ketones (excluding diaryl/α,β-unsaturated/α-hetero) is 2. The minimum atomic E-state index is -1.47. The van der Waals surface area contributed by atoms with E-state index in [1.807, 2.05) is 0 Å². The molecule has 0 amide bonds. The smallest absolute Gasteiger partial charge is 0.308 e. The van der Waals surface area contributed by atoms with Gasteiger partial charge in [-0.3, -0.25) is 19.2 Å². The first kappa shape index (κ1) is 39.5. The number of hydrogen-bond donors (Lipinski definition) is 3. The van der Waals surface area contributed by atoms with Crippen LogP contribution in [-0.2, 0) is 19.2 Å². The van der Waals surface area contributed by atoms with E-state index in [4.69, 9.17) is 0 Å². The van der Waals surface area contributed by atoms with Gasteiger partial charge < -0.3 is 20.1 Å². The van der Waals surface area contributed by atoms with Gasteiger partial charge in [-0.1, -0.05) is 117 Å². The molecule has 0 aromatic carbocycles. The molecule has 46 heavy (non-hydrogen) atoms. The van der Waals surface area contributed by atoms with Crippen molar-refractivity contribution in [3.8, 4) is 0 Å². The lowest BCUT2D eigenvalue weighted by atomic mass is 9.65. The van der Waals surface area contributed by atoms with Gasteiger partial charge in [0.25, 0.3) is 0 Å². The SMILES string of the molecule is CCCCCCCCCCCC(=O)C1(C(=O)CCCCCCCCCCC)CN(c2ccc[nH]2)C(C(C)C(=O)O)(C(C)C(=O)O)C1. The highest BCUT2D eigenvalue weighted by Crippen LogP contribution is 2.53. The number of aliphatic carboxylic acids is 2. The lowest BCUT2D eigenvalue weighted by molar-refractivity contribution is -0.152. The number of hydrogen-bond acceptors (Lipinski definition) is 5. The molecule has 1 aliphatic heterocycles. The fourth-order valence-corrected chi connectivity index (χ4v) is 7.63. The summed E-state index contributed by atoms with van der Waals surface area (Å²) in [5.41, 5.74) is -2.91. The summed E-state index contributed by atoms with van der Waals surface area (Å²) in [4.78, 5) is 58.7. The molecule has 262 valence electrons. The number of anilines is 1. The summed E-state index contributed by atoms with van der Waals surface area (Å²) in [7, 11) is 0. The topological polar surface area (TPSA) is 128 Å². The van der Waals surface area contributed by atoms with E-state index in [1.54, 1.807) is 23.2 Å². The Morgan fingerprint density at radius 3 is 1.43 bits per heavy atom. The number of carboxylic acid groups (broad SMARTS) is 2. The van der Waals surface area contributed by atoms with Crippen molar-refractivity contribution in [2.24, 2.45) is 17.3 Å². The molecule has 8 nitrogen and oxygen atoms in total. The van der Waals surface area contributed by atoms with Gasteiger partial charge in [0.2, 0.25) is 0 Å². The van der Waals surface area contributed by atoms with Crippen molar-refractivity contribution in [3.63, 3.8) is 0 Å². The maximum Gasteiger partial charge on any atom is 0.308 e. The lowest BCUT2D eigenvalue weighted by Gasteiger charge is -2.44. The Balaban J connectivity index is 2.28. The van der Waals surface area contributed by atoms with Crippen molar-refractivity contribution >= 4 is 29.3 Å². The molecule has 1 aromatic rings. The van der Waals surface area contributed by atoms with Gasteiger partial charge in [0, 0.05) is 25.6 Å². The van der Waals surface area contributed by atoms with Crippen molar-refractivity contribution in [3.05, 3.63) is 18.3 Å². The molecule has 2 unspecified atom stereocenters. The van der Waals surface area contributed by atoms with Gasteiger partial charge in [0.1, 0.15) is 22.8 Å². The third-order valence-electron chi connectivity index (χ3n) is 10.7. The van der Waals surface area contributed by atoms with Crippen LogP contribution in [0.1, 0.15) is 163 Å². The zero-order valence-electron chi connectivity index (χ0n) is 29.4. The quantitative estimate of drug-likeness (QED) is 0.0643. The summed E-state index contributed by atoms with van der Waals surface area (Å²) in [5.74, 6) is -4.34. The van der Waals surface area contributed by atoms with Gasteiger partial charge >= 0.3 is 11.9 Å². The average Bonchev–Trinajstić information content (AvgIpc) is 3.70. The third kappa shape index (κ3) is 10.7. The van der Waals surface area contributed by atoms with Gasteiger partial charge in [-0.15, -0.1) is 0 Å². The van der Waals surface area contributed by atoms with Crippen LogP contribution in [0, 0.1) is 17.3 Å². The molecule has 3 N–H and O–H groups in total. The minimum Gasteiger partial charge on any atom is -0.481 e. The van der Waals surface area contributed by atoms with Crippen LogP contribution < -0.4 is 4.90 Å². The van der Waals surface area contributed by atoms with E-state index < -0.39 is 34.7 Å². The normalized spacial score (nSPS) is 18.8. The second-order valence-electron chi connectivity index (χ2n) is 14.0. The predicted octanol–water partition coefficient (Wildman–Crippen LogP) is 9.37. The fraction of sp³-hybridized carbons (Fsp3) is 0.789. The van der Waals surface area contributed by atoms with E-state index in [2.05, 4.69) is 18.8 Å². The van der Waals surface area contributed by atoms with E-state index in [9.17, 15) is 29.4 Å². The number of carbonyl (C=O) groups is 4. The van der Waals surface area contributed by atoms with E-state index in [0.29, 0.717) is 18.7 Å². The van der Waals surface area contributed by atoms with Crippen molar-refractivity contribution in [2.75, 3.05) is 11.4 Å². The monoisotopic (exact) mass is 644 g/mol. The number of unbranched alkanes of at least 4 members (excludes halogenated alkanes) is 16. The maximum atomic E-state index is 14.3. The van der Waals surface area contributed by atoms with Crippen LogP contribution in [0.3, 0.4) is 0 Å². The van der Waals surface area contributed by atoms with Crippen molar-refractivity contribution in [1.82, 2.24) is 4.98 Å². The molecule has 0 spiro atoms. The van der Waals surface area contributed by atoms with E-state index in [1.165, 1.54) is 78.1 Å². The number of carbonyl (C=O) groups excluding carboxylic acids is 2. The largest absolute Gasteiger partial charge is 0.481 e. The van der Waals surface area contributed by atoms with Crippen molar-refractivity contribution < 1.29 is 29.4 Å². The van der Waals surface area contributed by atoms with E-state index >= 15 is 0 Å². The van der Waals surface area contributed by atoms with Crippen LogP contribution in [0.4, 0.5) is 5.82 Å². The number of aromatic nitrogens is 1. The first-order chi connectivity index (χ1) is 22.1. The fourth-order valence-electron chi connectivity index (χ4n) is 7.63. The average molecular weight is 645 g/mol. The number of H-pyrrole nitrogens is 1. The molecule has 0 bridgehead atoms. The number of aromatic amines is 1. The Morgan fingerprint density at radius 2 is 1.09 bits per heavy atom. The Hall–Kier alpha value is -2.64. The molecule has 1 fully saturated rings. The summed E-state index contributed by atoms with van der Waals surface area (Å²) in [6.45, 7) is 7.45. The number of rotatable bonds is 27. The maximum absolute atomic E-state index is 14.3. The van der Waals surface area contributed by atoms with Crippen molar-refractivity contribution in [2.45, 2.75) is 168 Å². The minimum absolute atomic E-state index is 0.00469. The van der Waals surface area contributed by atoms with Gasteiger partial charge in [-0.05, 0) is 45.2 Å². The van der Waals surface area contributed by atoms with Crippen LogP contribution in [0.5, 0.6) is 0 Å². The van der Waals surface area contributed by atoms with Gasteiger partial charge in [-0.25, -0.2) is 0 Å². The highest BCUT2D eigenvalue weighted by atomic mass is 16.4. The molecule has 2 heterocycles. The van der Waals surface area contributed by atoms with Crippen molar-refractivity contribution in [1.29, 1.82) is 0 Å². The molecule has 0 saturated carbocycles. The standard InChI is InChI=1S/C38H64N2O6/c1-5-7-9-11-13-15-17-19-21-24-32(41)37(33(42)25-22-20-18-16-14-12-10-8-6-2)28-38(30(3)35(43)44,31(4)36(45)46)40(29-37)34-26-23-27-39-34/h23,26-27,30-31,39H,5-22,24-25,28-29H2,1-4H3,(H,43,44)(H,45,46). The summed E-state index contributed by atoms with van der Waals surface area (Å²) in [6.07, 6.45) is 22.0. The summed E-state index contributed by atoms with van der Waals surface area (Å²) in [6, 6.07) is 3.54. The molecule has 1 saturated heterocycles. The van der Waals surface area contributed by atoms with Crippen LogP contribution in [-0.4, -0.2) is 50.8 Å². The second-order valence-corrected chi connectivity index (χ2v) is 14.0. The highest BCUT2D eigenvalue weighted by Gasteiger charge is 2.65. The lowest BCUT2D eigenvalue weighted by Crippen LogP contribution is -2.58. The third-order valence-corrected chi connectivity index (χ3v) is 10.7. The van der Waals surface area contributed by atoms with Gasteiger partial charge in [0.05, 0.1) is 17.4 Å². The molecular formula is C38H64N2O6. The Labute approximate surface area is 278 Å². The van der Waals surface area contributed by atoms with Crippen LogP contribution in [0.2, 0.25) is 0 Å². The predicted molar refractivity (Wildman–Crippen MR) is 185 cm³/mol. The van der Waals surface area contributed by atoms with Crippen LogP contribution >= 0.6 is 0 Å². The number of carboxylic acids is 2. The first-order valence-electron chi connectivity index (χ1n) is 18.5. The van der Waals surface area contributed by atoms with E-state index in [0.717, 1.165) is 38.5 Å². The number of nitrogens with zero attached hydrogens (tertiary/aromatic N) is 1. The molecule has 0 radical (unpaired) electrons. The van der Waals surface area contributed by atoms with Gasteiger partial charge in [-0.2, -0.15) is 0 Å². The zero-order valence-corrected chi connectivity index (χ0v) is 29.4. The van der Waals surface area contributed by atoms with Gasteiger partial charge in [0.15, 0.2) is 0 Å². The molecule has 0 aliphatic carbocycles. The molecular weight excluding hydrogens is 580 g/mol. The summed E-state index contributed by atoms with van der Waals surface area (Å²) in [5, 5.41) is 20.6. The van der Waals surface area contributed by atoms with E-state index in [-0.39, 0.29) is 37.4 Å². The molecule has 1 aliphatic rings. The van der Waals surface area contributed by atoms with Crippen LogP contribution in [0.15, 0.2) is 18.3 Å². The Morgan fingerprint density at radius 1 is 0.696 bits per heavy atom. The summed E-state index contributed by atoms with van der Waals surface area (Å²) >= 11 is 0. The molecule has 1 aromatic heterocycles. The Bertz CT molecular complexity index is 998. The molecule has 2 rings (SSSR count). The number of ketones is 2. The zero-order chi connectivity index (χ0) is 34.0.